The molecule has 1 saturated heterocycles. The first-order valence-electron chi connectivity index (χ1n) is 4.07. The Morgan fingerprint density at radius 1 is 1.38 bits per heavy atom. The summed E-state index contributed by atoms with van der Waals surface area (Å²) in [7, 11) is 0. The van der Waals surface area contributed by atoms with Gasteiger partial charge in [-0.3, -0.25) is 0 Å². The van der Waals surface area contributed by atoms with Crippen LogP contribution in [-0.4, -0.2) is 21.8 Å². The van der Waals surface area contributed by atoms with Gasteiger partial charge in [-0.25, -0.2) is 4.79 Å². The van der Waals surface area contributed by atoms with Crippen molar-refractivity contribution in [2.24, 2.45) is 0 Å². The molecule has 0 aromatic carbocycles. The van der Waals surface area contributed by atoms with E-state index in [0.29, 0.717) is 6.61 Å². The van der Waals surface area contributed by atoms with Gasteiger partial charge in [0.2, 0.25) is 4.33 Å². The molecule has 0 saturated carbocycles. The first-order valence-corrected chi connectivity index (χ1v) is 5.21. The molecule has 0 amide bonds. The van der Waals surface area contributed by atoms with Crippen LogP contribution in [0.5, 0.6) is 0 Å². The summed E-state index contributed by atoms with van der Waals surface area (Å²) in [6.07, 6.45) is 1.70. The van der Waals surface area contributed by atoms with Gasteiger partial charge in [0, 0.05) is 11.3 Å². The normalized spacial score (nSPS) is 34.6. The van der Waals surface area contributed by atoms with Crippen LogP contribution in [0.4, 0.5) is 0 Å². The largest absolute Gasteiger partial charge is 0.463 e. The van der Waals surface area contributed by atoms with Gasteiger partial charge < -0.3 is 4.74 Å². The van der Waals surface area contributed by atoms with E-state index in [1.807, 2.05) is 6.92 Å². The van der Waals surface area contributed by atoms with E-state index in [2.05, 4.69) is 0 Å². The van der Waals surface area contributed by atoms with Crippen LogP contribution in [0.3, 0.4) is 0 Å². The van der Waals surface area contributed by atoms with Crippen LogP contribution < -0.4 is 0 Å². The summed E-state index contributed by atoms with van der Waals surface area (Å²) in [5.41, 5.74) is 0. The Bertz CT molecular complexity index is 213. The quantitative estimate of drug-likeness (QED) is 0.484. The Morgan fingerprint density at radius 3 is 2.62 bits per heavy atom. The molecule has 0 N–H and O–H groups in total. The average molecular weight is 246 g/mol. The third-order valence-corrected chi connectivity index (χ3v) is 2.86. The first-order chi connectivity index (χ1) is 5.83. The number of esters is 1. The highest BCUT2D eigenvalue weighted by Gasteiger charge is 2.43. The van der Waals surface area contributed by atoms with Crippen LogP contribution in [0.15, 0.2) is 0 Å². The van der Waals surface area contributed by atoms with Gasteiger partial charge in [0.15, 0.2) is 0 Å². The van der Waals surface area contributed by atoms with Crippen molar-refractivity contribution in [1.82, 2.24) is 0 Å². The fraction of sp³-hybridized carbons (Fsp3) is 0.875. The molecular formula is C8H11Cl3O2. The van der Waals surface area contributed by atoms with Crippen molar-refractivity contribution in [3.8, 4) is 0 Å². The number of carbonyl (C=O) groups excluding carboxylic acids is 1. The SMILES string of the molecule is C[C@]1(Cl)CCCOC(=O)C(Cl)(Cl)C1. The standard InChI is InChI=1S/C8H11Cl3O2/c1-7(9)3-2-4-13-6(12)8(10,11)5-7/h2-5H2,1H3/t7-/m0/s1. The number of hydrogen-bond donors (Lipinski definition) is 0. The Morgan fingerprint density at radius 2 is 2.00 bits per heavy atom. The van der Waals surface area contributed by atoms with E-state index in [0.717, 1.165) is 12.8 Å². The highest BCUT2D eigenvalue weighted by atomic mass is 35.5. The van der Waals surface area contributed by atoms with Crippen LogP contribution in [0.1, 0.15) is 26.2 Å². The van der Waals surface area contributed by atoms with Crippen LogP contribution in [0.2, 0.25) is 0 Å². The van der Waals surface area contributed by atoms with E-state index in [9.17, 15) is 4.79 Å². The maximum Gasteiger partial charge on any atom is 0.342 e. The van der Waals surface area contributed by atoms with Crippen LogP contribution in [0, 0.1) is 0 Å². The van der Waals surface area contributed by atoms with Crippen LogP contribution >= 0.6 is 34.8 Å². The third-order valence-electron chi connectivity index (χ3n) is 1.96. The number of carbonyl (C=O) groups is 1. The fourth-order valence-electron chi connectivity index (χ4n) is 1.33. The van der Waals surface area contributed by atoms with Gasteiger partial charge in [-0.1, -0.05) is 23.2 Å². The second-order valence-corrected chi connectivity index (χ2v) is 5.93. The monoisotopic (exact) mass is 244 g/mol. The number of ether oxygens (including phenoxy) is 1. The molecule has 1 aliphatic rings. The summed E-state index contributed by atoms with van der Waals surface area (Å²) in [4.78, 5) is 10.7. The first kappa shape index (κ1) is 11.4. The molecule has 0 unspecified atom stereocenters. The summed E-state index contributed by atoms with van der Waals surface area (Å²) >= 11 is 17.7. The molecule has 0 aromatic heterocycles. The fourth-order valence-corrected chi connectivity index (χ4v) is 2.50. The third kappa shape index (κ3) is 3.19. The van der Waals surface area contributed by atoms with E-state index in [-0.39, 0.29) is 6.42 Å². The second-order valence-electron chi connectivity index (χ2n) is 3.53. The summed E-state index contributed by atoms with van der Waals surface area (Å²) in [6.45, 7) is 2.16. The zero-order valence-corrected chi connectivity index (χ0v) is 9.55. The lowest BCUT2D eigenvalue weighted by atomic mass is 9.97. The molecule has 1 aliphatic heterocycles. The predicted octanol–water partition coefficient (Wildman–Crippen LogP) is 2.88. The molecule has 0 aliphatic carbocycles. The van der Waals surface area contributed by atoms with Gasteiger partial charge in [0.1, 0.15) is 0 Å². The molecule has 13 heavy (non-hydrogen) atoms. The summed E-state index contributed by atoms with van der Waals surface area (Å²) in [6, 6.07) is 0. The van der Waals surface area contributed by atoms with Gasteiger partial charge in [0.05, 0.1) is 6.61 Å². The maximum atomic E-state index is 11.2. The highest BCUT2D eigenvalue weighted by Crippen LogP contribution is 2.39. The molecule has 1 rings (SSSR count). The molecule has 0 bridgehead atoms. The van der Waals surface area contributed by atoms with E-state index < -0.39 is 15.2 Å². The summed E-state index contributed by atoms with van der Waals surface area (Å²) in [5, 5.41) is 0. The van der Waals surface area contributed by atoms with Gasteiger partial charge in [0.25, 0.3) is 0 Å². The maximum absolute atomic E-state index is 11.2. The van der Waals surface area contributed by atoms with Crippen molar-refractivity contribution >= 4 is 40.8 Å². The van der Waals surface area contributed by atoms with Crippen LogP contribution in [0.25, 0.3) is 0 Å². The van der Waals surface area contributed by atoms with E-state index >= 15 is 0 Å². The van der Waals surface area contributed by atoms with Gasteiger partial charge >= 0.3 is 5.97 Å². The van der Waals surface area contributed by atoms with E-state index in [1.54, 1.807) is 0 Å². The van der Waals surface area contributed by atoms with Crippen molar-refractivity contribution in [3.63, 3.8) is 0 Å². The van der Waals surface area contributed by atoms with Crippen LogP contribution in [-0.2, 0) is 9.53 Å². The van der Waals surface area contributed by atoms with Gasteiger partial charge in [-0.05, 0) is 19.8 Å². The number of cyclic esters (lactones) is 1. The Hall–Kier alpha value is 0.340. The molecule has 1 heterocycles. The molecule has 0 spiro atoms. The molecule has 2 nitrogen and oxygen atoms in total. The number of hydrogen-bond acceptors (Lipinski definition) is 2. The predicted molar refractivity (Wildman–Crippen MR) is 53.5 cm³/mol. The molecule has 1 fully saturated rings. The Kier molecular flexibility index (Phi) is 3.37. The second kappa shape index (κ2) is 3.84. The van der Waals surface area contributed by atoms with Crippen molar-refractivity contribution in [2.45, 2.75) is 35.4 Å². The molecule has 0 radical (unpaired) electrons. The minimum atomic E-state index is -1.50. The van der Waals surface area contributed by atoms with Crippen molar-refractivity contribution in [1.29, 1.82) is 0 Å². The Labute approximate surface area is 92.5 Å². The van der Waals surface area contributed by atoms with Crippen molar-refractivity contribution < 1.29 is 9.53 Å². The lowest BCUT2D eigenvalue weighted by molar-refractivity contribution is -0.145. The summed E-state index contributed by atoms with van der Waals surface area (Å²) in [5.74, 6) is -0.595. The number of halogens is 3. The van der Waals surface area contributed by atoms with E-state index in [4.69, 9.17) is 39.5 Å². The number of rotatable bonds is 0. The molecular weight excluding hydrogens is 234 g/mol. The number of alkyl halides is 3. The lowest BCUT2D eigenvalue weighted by Gasteiger charge is -2.30. The van der Waals surface area contributed by atoms with Crippen molar-refractivity contribution in [3.05, 3.63) is 0 Å². The summed E-state index contributed by atoms with van der Waals surface area (Å²) < 4.78 is 3.33. The molecule has 76 valence electrons. The topological polar surface area (TPSA) is 26.3 Å². The smallest absolute Gasteiger partial charge is 0.342 e. The van der Waals surface area contributed by atoms with Crippen molar-refractivity contribution in [2.75, 3.05) is 6.61 Å². The minimum Gasteiger partial charge on any atom is -0.463 e. The molecule has 5 heteroatoms. The highest BCUT2D eigenvalue weighted by molar-refractivity contribution is 6.57. The average Bonchev–Trinajstić information content (AvgIpc) is 1.94. The lowest BCUT2D eigenvalue weighted by Crippen LogP contribution is -2.38. The van der Waals surface area contributed by atoms with E-state index in [1.165, 1.54) is 0 Å². The van der Waals surface area contributed by atoms with Gasteiger partial charge in [-0.15, -0.1) is 11.6 Å². The zero-order valence-electron chi connectivity index (χ0n) is 7.28. The molecule has 0 aromatic rings. The van der Waals surface area contributed by atoms with Gasteiger partial charge in [-0.2, -0.15) is 0 Å². The minimum absolute atomic E-state index is 0.212. The molecule has 1 atom stereocenters. The Balaban J connectivity index is 2.76. The zero-order chi connectivity index (χ0) is 10.1.